The quantitative estimate of drug-likeness (QED) is 0.906. The van der Waals surface area contributed by atoms with Crippen LogP contribution >= 0.6 is 0 Å². The molecule has 0 aromatic heterocycles. The van der Waals surface area contributed by atoms with E-state index in [0.717, 1.165) is 36.1 Å². The maximum absolute atomic E-state index is 13.1. The molecule has 1 saturated carbocycles. The summed E-state index contributed by atoms with van der Waals surface area (Å²) < 4.78 is 13.1. The van der Waals surface area contributed by atoms with Crippen LogP contribution in [0.1, 0.15) is 36.5 Å². The molecule has 1 aliphatic heterocycles. The fourth-order valence-corrected chi connectivity index (χ4v) is 3.84. The van der Waals surface area contributed by atoms with Gasteiger partial charge in [0, 0.05) is 19.6 Å². The lowest BCUT2D eigenvalue weighted by Crippen LogP contribution is -2.27. The van der Waals surface area contributed by atoms with Gasteiger partial charge in [0.15, 0.2) is 0 Å². The van der Waals surface area contributed by atoms with Gasteiger partial charge in [-0.2, -0.15) is 0 Å². The van der Waals surface area contributed by atoms with Crippen LogP contribution in [0.4, 0.5) is 4.39 Å². The number of hydrogen-bond donors (Lipinski definition) is 1. The Morgan fingerprint density at radius 2 is 2.00 bits per heavy atom. The molecule has 1 N–H and O–H groups in total. The third kappa shape index (κ3) is 2.67. The molecule has 1 heterocycles. The number of β-amino-alcohol motifs (C(OH)–C–C–N with tert-alkyl or cyclic N) is 1. The zero-order chi connectivity index (χ0) is 13.4. The third-order valence-corrected chi connectivity index (χ3v) is 4.82. The lowest BCUT2D eigenvalue weighted by Gasteiger charge is -2.22. The predicted octanol–water partition coefficient (Wildman–Crippen LogP) is 2.90. The molecule has 0 bridgehead atoms. The maximum atomic E-state index is 13.1. The van der Waals surface area contributed by atoms with Gasteiger partial charge in [-0.3, -0.25) is 4.90 Å². The molecular weight excluding hydrogens is 241 g/mol. The Hall–Kier alpha value is -0.930. The van der Waals surface area contributed by atoms with Gasteiger partial charge in [-0.25, -0.2) is 4.39 Å². The van der Waals surface area contributed by atoms with Gasteiger partial charge >= 0.3 is 0 Å². The molecule has 0 amide bonds. The molecule has 2 nitrogen and oxygen atoms in total. The van der Waals surface area contributed by atoms with E-state index in [-0.39, 0.29) is 5.82 Å². The van der Waals surface area contributed by atoms with Crippen LogP contribution in [0.3, 0.4) is 0 Å². The molecular formula is C16H22FNO. The first kappa shape index (κ1) is 13.1. The second kappa shape index (κ2) is 5.22. The number of likely N-dealkylation sites (tertiary alicyclic amines) is 1. The lowest BCUT2D eigenvalue weighted by atomic mass is 10.0. The van der Waals surface area contributed by atoms with Gasteiger partial charge in [0.2, 0.25) is 0 Å². The maximum Gasteiger partial charge on any atom is 0.123 e. The van der Waals surface area contributed by atoms with E-state index in [9.17, 15) is 9.50 Å². The molecule has 1 aromatic rings. The highest BCUT2D eigenvalue weighted by Crippen LogP contribution is 2.38. The van der Waals surface area contributed by atoms with Crippen molar-refractivity contribution in [2.75, 3.05) is 19.6 Å². The van der Waals surface area contributed by atoms with Crippen molar-refractivity contribution < 1.29 is 9.50 Å². The van der Waals surface area contributed by atoms with Gasteiger partial charge in [0.1, 0.15) is 5.82 Å². The fourth-order valence-electron chi connectivity index (χ4n) is 3.84. The van der Waals surface area contributed by atoms with Crippen LogP contribution in [-0.4, -0.2) is 29.6 Å². The molecule has 19 heavy (non-hydrogen) atoms. The van der Waals surface area contributed by atoms with Crippen molar-refractivity contribution in [1.82, 2.24) is 4.90 Å². The number of aliphatic hydroxyl groups is 1. The van der Waals surface area contributed by atoms with Crippen LogP contribution in [0.25, 0.3) is 0 Å². The van der Waals surface area contributed by atoms with Crippen molar-refractivity contribution in [3.63, 3.8) is 0 Å². The molecule has 0 spiro atoms. The Labute approximate surface area is 114 Å². The Morgan fingerprint density at radius 1 is 1.32 bits per heavy atom. The van der Waals surface area contributed by atoms with Gasteiger partial charge in [-0.15, -0.1) is 0 Å². The van der Waals surface area contributed by atoms with E-state index in [2.05, 4.69) is 4.90 Å². The predicted molar refractivity (Wildman–Crippen MR) is 73.4 cm³/mol. The summed E-state index contributed by atoms with van der Waals surface area (Å²) in [4.78, 5) is 2.38. The van der Waals surface area contributed by atoms with Crippen LogP contribution in [-0.2, 0) is 0 Å². The van der Waals surface area contributed by atoms with E-state index in [1.807, 2.05) is 6.92 Å². The van der Waals surface area contributed by atoms with Crippen molar-refractivity contribution in [2.45, 2.75) is 32.3 Å². The average Bonchev–Trinajstić information content (AvgIpc) is 2.89. The van der Waals surface area contributed by atoms with E-state index in [4.69, 9.17) is 0 Å². The number of fused-ring (bicyclic) bond motifs is 1. The zero-order valence-corrected chi connectivity index (χ0v) is 11.5. The van der Waals surface area contributed by atoms with Crippen molar-refractivity contribution in [3.8, 4) is 0 Å². The summed E-state index contributed by atoms with van der Waals surface area (Å²) >= 11 is 0. The second-order valence-corrected chi connectivity index (χ2v) is 6.19. The molecule has 0 radical (unpaired) electrons. The minimum atomic E-state index is -0.501. The molecule has 2 aliphatic rings. The Bertz CT molecular complexity index is 450. The SMILES string of the molecule is Cc1cc(F)ccc1C(O)CN1CC2CCCC2C1. The van der Waals surface area contributed by atoms with Gasteiger partial charge in [-0.05, 0) is 54.9 Å². The van der Waals surface area contributed by atoms with Gasteiger partial charge in [0.05, 0.1) is 6.10 Å². The topological polar surface area (TPSA) is 23.5 Å². The highest BCUT2D eigenvalue weighted by molar-refractivity contribution is 5.28. The van der Waals surface area contributed by atoms with Gasteiger partial charge in [0.25, 0.3) is 0 Å². The minimum Gasteiger partial charge on any atom is -0.387 e. The fraction of sp³-hybridized carbons (Fsp3) is 0.625. The summed E-state index contributed by atoms with van der Waals surface area (Å²) in [7, 11) is 0. The van der Waals surface area contributed by atoms with Gasteiger partial charge < -0.3 is 5.11 Å². The molecule has 104 valence electrons. The molecule has 1 saturated heterocycles. The Kier molecular flexibility index (Phi) is 3.59. The minimum absolute atomic E-state index is 0.232. The molecule has 3 rings (SSSR count). The van der Waals surface area contributed by atoms with E-state index in [1.54, 1.807) is 6.07 Å². The highest BCUT2D eigenvalue weighted by Gasteiger charge is 2.36. The smallest absolute Gasteiger partial charge is 0.123 e. The largest absolute Gasteiger partial charge is 0.387 e. The first-order chi connectivity index (χ1) is 9.13. The molecule has 2 fully saturated rings. The average molecular weight is 263 g/mol. The summed E-state index contributed by atoms with van der Waals surface area (Å²) in [5, 5.41) is 10.4. The number of benzene rings is 1. The van der Waals surface area contributed by atoms with Gasteiger partial charge in [-0.1, -0.05) is 12.5 Å². The summed E-state index contributed by atoms with van der Waals surface area (Å²) in [6.07, 6.45) is 3.59. The van der Waals surface area contributed by atoms with Crippen LogP contribution in [0.5, 0.6) is 0 Å². The number of nitrogens with zero attached hydrogens (tertiary/aromatic N) is 1. The van der Waals surface area contributed by atoms with Crippen LogP contribution in [0, 0.1) is 24.6 Å². The van der Waals surface area contributed by atoms with E-state index >= 15 is 0 Å². The lowest BCUT2D eigenvalue weighted by molar-refractivity contribution is 0.121. The van der Waals surface area contributed by atoms with Crippen LogP contribution in [0.15, 0.2) is 18.2 Å². The first-order valence-corrected chi connectivity index (χ1v) is 7.30. The Balaban J connectivity index is 1.63. The molecule has 3 heteroatoms. The van der Waals surface area contributed by atoms with Crippen LogP contribution < -0.4 is 0 Å². The van der Waals surface area contributed by atoms with Crippen molar-refractivity contribution in [2.24, 2.45) is 11.8 Å². The first-order valence-electron chi connectivity index (χ1n) is 7.30. The number of aliphatic hydroxyl groups excluding tert-OH is 1. The molecule has 1 aromatic carbocycles. The number of rotatable bonds is 3. The molecule has 1 aliphatic carbocycles. The normalized spacial score (nSPS) is 28.6. The zero-order valence-electron chi connectivity index (χ0n) is 11.5. The van der Waals surface area contributed by atoms with E-state index in [1.165, 1.54) is 31.4 Å². The summed E-state index contributed by atoms with van der Waals surface area (Å²) in [5.41, 5.74) is 1.70. The summed E-state index contributed by atoms with van der Waals surface area (Å²) in [6.45, 7) is 4.80. The molecule has 3 atom stereocenters. The van der Waals surface area contributed by atoms with Crippen molar-refractivity contribution in [1.29, 1.82) is 0 Å². The summed E-state index contributed by atoms with van der Waals surface area (Å²) in [5.74, 6) is 1.46. The molecule has 3 unspecified atom stereocenters. The van der Waals surface area contributed by atoms with E-state index in [0.29, 0.717) is 6.54 Å². The van der Waals surface area contributed by atoms with Crippen molar-refractivity contribution >= 4 is 0 Å². The van der Waals surface area contributed by atoms with Crippen molar-refractivity contribution in [3.05, 3.63) is 35.1 Å². The number of aryl methyl sites for hydroxylation is 1. The van der Waals surface area contributed by atoms with E-state index < -0.39 is 6.10 Å². The third-order valence-electron chi connectivity index (χ3n) is 4.82. The highest BCUT2D eigenvalue weighted by atomic mass is 19.1. The summed E-state index contributed by atoms with van der Waals surface area (Å²) in [6, 6.07) is 4.65. The Morgan fingerprint density at radius 3 is 2.63 bits per heavy atom. The number of halogens is 1. The van der Waals surface area contributed by atoms with Crippen LogP contribution in [0.2, 0.25) is 0 Å². The second-order valence-electron chi connectivity index (χ2n) is 6.19. The monoisotopic (exact) mass is 263 g/mol. The number of hydrogen-bond acceptors (Lipinski definition) is 2. The standard InChI is InChI=1S/C16H22FNO/c1-11-7-14(17)5-6-15(11)16(19)10-18-8-12-3-2-4-13(12)9-18/h5-7,12-13,16,19H,2-4,8-10H2,1H3.